The Bertz CT molecular complexity index is 985. The van der Waals surface area contributed by atoms with Crippen LogP contribution in [0.25, 0.3) is 11.0 Å². The lowest BCUT2D eigenvalue weighted by molar-refractivity contribution is 0.103. The fraction of sp³-hybridized carbons (Fsp3) is 0.400. The molecular formula is C20H23N5OS. The van der Waals surface area contributed by atoms with Crippen LogP contribution in [0.15, 0.2) is 30.5 Å². The first kappa shape index (κ1) is 17.9. The largest absolute Gasteiger partial charge is 0.354 e. The summed E-state index contributed by atoms with van der Waals surface area (Å²) < 4.78 is 0. The first-order chi connectivity index (χ1) is 12.9. The summed E-state index contributed by atoms with van der Waals surface area (Å²) in [6.45, 7) is 8.14. The van der Waals surface area contributed by atoms with Gasteiger partial charge in [-0.15, -0.1) is 11.3 Å². The number of nitrogens with one attached hydrogen (secondary N) is 1. The lowest BCUT2D eigenvalue weighted by atomic mass is 9.98. The minimum Gasteiger partial charge on any atom is -0.354 e. The maximum Gasteiger partial charge on any atom is 0.268 e. The van der Waals surface area contributed by atoms with E-state index in [0.29, 0.717) is 10.7 Å². The van der Waals surface area contributed by atoms with Crippen LogP contribution in [0, 0.1) is 0 Å². The Morgan fingerprint density at radius 3 is 2.41 bits per heavy atom. The van der Waals surface area contributed by atoms with Crippen LogP contribution in [-0.4, -0.2) is 33.9 Å². The summed E-state index contributed by atoms with van der Waals surface area (Å²) in [6.07, 6.45) is 3.90. The van der Waals surface area contributed by atoms with E-state index in [1.807, 2.05) is 24.3 Å². The monoisotopic (exact) mass is 381 g/mol. The molecule has 27 heavy (non-hydrogen) atoms. The molecule has 1 aliphatic heterocycles. The predicted octanol–water partition coefficient (Wildman–Crippen LogP) is 4.24. The van der Waals surface area contributed by atoms with Crippen LogP contribution < -0.4 is 10.2 Å². The summed E-state index contributed by atoms with van der Waals surface area (Å²) in [7, 11) is 0. The molecular weight excluding hydrogens is 358 g/mol. The standard InChI is InChI=1S/C20H23N5OS/c1-20(2,3)19-21-12-15(27-19)18(26)24-16-17(25-10-6-7-11-25)23-14-9-5-4-8-13(14)22-16/h4-5,8-9,12H,6-7,10-11H2,1-3H3,(H,22,24,26). The molecule has 3 heterocycles. The van der Waals surface area contributed by atoms with Crippen LogP contribution in [0.5, 0.6) is 0 Å². The highest BCUT2D eigenvalue weighted by molar-refractivity contribution is 7.13. The number of rotatable bonds is 3. The lowest BCUT2D eigenvalue weighted by Crippen LogP contribution is -2.23. The third kappa shape index (κ3) is 3.64. The Balaban J connectivity index is 1.68. The number of carbonyl (C=O) groups excluding carboxylic acids is 1. The van der Waals surface area contributed by atoms with Crippen LogP contribution in [0.4, 0.5) is 11.6 Å². The van der Waals surface area contributed by atoms with Crippen molar-refractivity contribution in [3.63, 3.8) is 0 Å². The number of aromatic nitrogens is 3. The van der Waals surface area contributed by atoms with Crippen molar-refractivity contribution in [3.8, 4) is 0 Å². The number of para-hydroxylation sites is 2. The van der Waals surface area contributed by atoms with Gasteiger partial charge in [-0.25, -0.2) is 15.0 Å². The third-order valence-electron chi connectivity index (χ3n) is 4.56. The van der Waals surface area contributed by atoms with E-state index in [0.717, 1.165) is 47.8 Å². The molecule has 0 saturated carbocycles. The highest BCUT2D eigenvalue weighted by atomic mass is 32.1. The van der Waals surface area contributed by atoms with Crippen molar-refractivity contribution in [1.82, 2.24) is 15.0 Å². The lowest BCUT2D eigenvalue weighted by Gasteiger charge is -2.20. The number of fused-ring (bicyclic) bond motifs is 1. The molecule has 0 aliphatic carbocycles. The Morgan fingerprint density at radius 1 is 1.11 bits per heavy atom. The van der Waals surface area contributed by atoms with Gasteiger partial charge in [0, 0.05) is 18.5 Å². The second kappa shape index (κ2) is 6.88. The van der Waals surface area contributed by atoms with E-state index in [9.17, 15) is 4.79 Å². The van der Waals surface area contributed by atoms with Gasteiger partial charge < -0.3 is 10.2 Å². The molecule has 1 N–H and O–H groups in total. The quantitative estimate of drug-likeness (QED) is 0.735. The smallest absolute Gasteiger partial charge is 0.268 e. The zero-order valence-corrected chi connectivity index (χ0v) is 16.6. The minimum atomic E-state index is -0.187. The van der Waals surface area contributed by atoms with Gasteiger partial charge in [0.1, 0.15) is 4.88 Å². The predicted molar refractivity (Wildman–Crippen MR) is 110 cm³/mol. The number of benzene rings is 1. The number of nitrogens with zero attached hydrogens (tertiary/aromatic N) is 4. The molecule has 0 atom stereocenters. The Labute approximate surface area is 162 Å². The molecule has 1 fully saturated rings. The van der Waals surface area contributed by atoms with E-state index in [1.165, 1.54) is 11.3 Å². The molecule has 1 aromatic carbocycles. The van der Waals surface area contributed by atoms with Crippen molar-refractivity contribution in [2.45, 2.75) is 39.0 Å². The van der Waals surface area contributed by atoms with Gasteiger partial charge in [0.2, 0.25) is 0 Å². The molecule has 1 amide bonds. The molecule has 4 rings (SSSR count). The van der Waals surface area contributed by atoms with E-state index < -0.39 is 0 Å². The van der Waals surface area contributed by atoms with Crippen molar-refractivity contribution in [2.75, 3.05) is 23.3 Å². The second-order valence-corrected chi connectivity index (χ2v) is 8.84. The summed E-state index contributed by atoms with van der Waals surface area (Å²) in [6, 6.07) is 7.74. The number of anilines is 2. The van der Waals surface area contributed by atoms with Crippen LogP contribution in [0.3, 0.4) is 0 Å². The van der Waals surface area contributed by atoms with E-state index in [1.54, 1.807) is 6.20 Å². The maximum absolute atomic E-state index is 12.8. The first-order valence-electron chi connectivity index (χ1n) is 9.21. The van der Waals surface area contributed by atoms with Crippen molar-refractivity contribution in [1.29, 1.82) is 0 Å². The van der Waals surface area contributed by atoms with Crippen LogP contribution in [0.1, 0.15) is 48.3 Å². The van der Waals surface area contributed by atoms with Crippen molar-refractivity contribution >= 4 is 39.9 Å². The Hall–Kier alpha value is -2.54. The zero-order valence-electron chi connectivity index (χ0n) is 15.8. The molecule has 0 radical (unpaired) electrons. The van der Waals surface area contributed by atoms with Gasteiger partial charge in [-0.3, -0.25) is 4.79 Å². The van der Waals surface area contributed by atoms with Gasteiger partial charge in [-0.2, -0.15) is 0 Å². The van der Waals surface area contributed by atoms with Crippen molar-refractivity contribution in [2.24, 2.45) is 0 Å². The number of amides is 1. The molecule has 2 aromatic heterocycles. The van der Waals surface area contributed by atoms with Gasteiger partial charge >= 0.3 is 0 Å². The first-order valence-corrected chi connectivity index (χ1v) is 10.0. The maximum atomic E-state index is 12.8. The Kier molecular flexibility index (Phi) is 4.55. The molecule has 3 aromatic rings. The van der Waals surface area contributed by atoms with Gasteiger partial charge in [-0.05, 0) is 25.0 Å². The van der Waals surface area contributed by atoms with Gasteiger partial charge in [0.15, 0.2) is 11.6 Å². The van der Waals surface area contributed by atoms with E-state index in [-0.39, 0.29) is 11.3 Å². The Morgan fingerprint density at radius 2 is 1.78 bits per heavy atom. The normalized spacial score (nSPS) is 14.7. The molecule has 0 bridgehead atoms. The second-order valence-electron chi connectivity index (χ2n) is 7.81. The highest BCUT2D eigenvalue weighted by Gasteiger charge is 2.23. The molecule has 1 aliphatic rings. The van der Waals surface area contributed by atoms with E-state index in [4.69, 9.17) is 4.98 Å². The summed E-state index contributed by atoms with van der Waals surface area (Å²) >= 11 is 1.42. The van der Waals surface area contributed by atoms with Crippen LogP contribution in [0.2, 0.25) is 0 Å². The molecule has 0 spiro atoms. The fourth-order valence-corrected chi connectivity index (χ4v) is 3.99. The average Bonchev–Trinajstić information content (AvgIpc) is 3.32. The topological polar surface area (TPSA) is 71.0 Å². The molecule has 6 nitrogen and oxygen atoms in total. The number of thiazole rings is 1. The minimum absolute atomic E-state index is 0.0767. The van der Waals surface area contributed by atoms with Crippen LogP contribution in [-0.2, 0) is 5.41 Å². The SMILES string of the molecule is CC(C)(C)c1ncc(C(=O)Nc2nc3ccccc3nc2N2CCCC2)s1. The van der Waals surface area contributed by atoms with Crippen molar-refractivity contribution in [3.05, 3.63) is 40.3 Å². The van der Waals surface area contributed by atoms with Gasteiger partial charge in [0.05, 0.1) is 22.2 Å². The van der Waals surface area contributed by atoms with Crippen LogP contribution >= 0.6 is 11.3 Å². The summed E-state index contributed by atoms with van der Waals surface area (Å²) in [5.41, 5.74) is 1.53. The molecule has 0 unspecified atom stereocenters. The summed E-state index contributed by atoms with van der Waals surface area (Å²) in [4.78, 5) is 29.5. The molecule has 140 valence electrons. The average molecular weight is 382 g/mol. The molecule has 1 saturated heterocycles. The summed E-state index contributed by atoms with van der Waals surface area (Å²) in [5, 5.41) is 3.92. The van der Waals surface area contributed by atoms with E-state index in [2.05, 4.69) is 41.0 Å². The van der Waals surface area contributed by atoms with Crippen molar-refractivity contribution < 1.29 is 4.79 Å². The molecule has 7 heteroatoms. The number of hydrogen-bond acceptors (Lipinski definition) is 6. The fourth-order valence-electron chi connectivity index (χ4n) is 3.12. The van der Waals surface area contributed by atoms with Gasteiger partial charge in [0.25, 0.3) is 5.91 Å². The highest BCUT2D eigenvalue weighted by Crippen LogP contribution is 2.30. The zero-order chi connectivity index (χ0) is 19.0. The number of hydrogen-bond donors (Lipinski definition) is 1. The van der Waals surface area contributed by atoms with Gasteiger partial charge in [-0.1, -0.05) is 32.9 Å². The third-order valence-corrected chi connectivity index (χ3v) is 5.98. The number of carbonyl (C=O) groups is 1. The summed E-state index contributed by atoms with van der Waals surface area (Å²) in [5.74, 6) is 1.08. The van der Waals surface area contributed by atoms with E-state index >= 15 is 0 Å².